The predicted molar refractivity (Wildman–Crippen MR) is 60.7 cm³/mol. The van der Waals surface area contributed by atoms with Gasteiger partial charge in [-0.3, -0.25) is 9.59 Å². The summed E-state index contributed by atoms with van der Waals surface area (Å²) >= 11 is 0. The summed E-state index contributed by atoms with van der Waals surface area (Å²) in [5.74, 6) is -1.97. The van der Waals surface area contributed by atoms with Gasteiger partial charge in [0.2, 0.25) is 0 Å². The number of esters is 2. The molecule has 0 heterocycles. The van der Waals surface area contributed by atoms with Gasteiger partial charge >= 0.3 is 11.9 Å². The molecule has 0 bridgehead atoms. The fourth-order valence-electron chi connectivity index (χ4n) is 1.09. The molecular weight excluding hydrogens is 208 g/mol. The molecule has 0 saturated heterocycles. The molecule has 0 aromatic carbocycles. The van der Waals surface area contributed by atoms with Crippen LogP contribution >= 0.6 is 0 Å². The van der Waals surface area contributed by atoms with Crippen molar-refractivity contribution in [3.63, 3.8) is 0 Å². The first-order valence-corrected chi connectivity index (χ1v) is 5.28. The monoisotopic (exact) mass is 226 g/mol. The summed E-state index contributed by atoms with van der Waals surface area (Å²) in [6.07, 6.45) is 5.20. The molecule has 0 aliphatic rings. The lowest BCUT2D eigenvalue weighted by Crippen LogP contribution is -2.27. The quantitative estimate of drug-likeness (QED) is 0.378. The summed E-state index contributed by atoms with van der Waals surface area (Å²) in [5.41, 5.74) is 0. The Morgan fingerprint density at radius 2 is 1.69 bits per heavy atom. The number of hydrogen-bond donors (Lipinski definition) is 0. The van der Waals surface area contributed by atoms with Gasteiger partial charge in [-0.2, -0.15) is 0 Å². The minimum absolute atomic E-state index is 0.250. The van der Waals surface area contributed by atoms with E-state index >= 15 is 0 Å². The first-order valence-electron chi connectivity index (χ1n) is 5.28. The van der Waals surface area contributed by atoms with Gasteiger partial charge in [0.1, 0.15) is 0 Å². The van der Waals surface area contributed by atoms with Crippen molar-refractivity contribution in [2.24, 2.45) is 5.92 Å². The van der Waals surface area contributed by atoms with Crippen LogP contribution < -0.4 is 0 Å². The third-order valence-corrected chi connectivity index (χ3v) is 1.79. The largest absolute Gasteiger partial charge is 0.465 e. The van der Waals surface area contributed by atoms with Crippen LogP contribution in [0.25, 0.3) is 0 Å². The molecule has 0 unspecified atom stereocenters. The minimum atomic E-state index is -0.879. The molecule has 0 aliphatic carbocycles. The van der Waals surface area contributed by atoms with E-state index in [1.807, 2.05) is 0 Å². The van der Waals surface area contributed by atoms with E-state index in [1.165, 1.54) is 0 Å². The van der Waals surface area contributed by atoms with E-state index in [1.54, 1.807) is 32.1 Å². The molecule has 0 rings (SSSR count). The predicted octanol–water partition coefficient (Wildman–Crippen LogP) is 1.86. The molecule has 0 radical (unpaired) electrons. The van der Waals surface area contributed by atoms with Gasteiger partial charge in [-0.05, 0) is 20.3 Å². The zero-order chi connectivity index (χ0) is 12.4. The Hall–Kier alpha value is -1.58. The van der Waals surface area contributed by atoms with E-state index in [-0.39, 0.29) is 19.6 Å². The number of allylic oxidation sites excluding steroid dienone is 3. The molecule has 0 aromatic rings. The SMILES string of the molecule is C=C/C=C/CC(C(=O)OCC)C(=O)OCC. The molecule has 0 aromatic heterocycles. The van der Waals surface area contributed by atoms with Crippen LogP contribution in [0, 0.1) is 5.92 Å². The van der Waals surface area contributed by atoms with Crippen LogP contribution in [-0.4, -0.2) is 25.2 Å². The Labute approximate surface area is 95.9 Å². The number of rotatable bonds is 7. The number of hydrogen-bond acceptors (Lipinski definition) is 4. The van der Waals surface area contributed by atoms with Gasteiger partial charge in [-0.15, -0.1) is 0 Å². The summed E-state index contributed by atoms with van der Waals surface area (Å²) < 4.78 is 9.61. The highest BCUT2D eigenvalue weighted by Gasteiger charge is 2.27. The lowest BCUT2D eigenvalue weighted by molar-refractivity contribution is -0.161. The van der Waals surface area contributed by atoms with Gasteiger partial charge in [-0.1, -0.05) is 24.8 Å². The summed E-state index contributed by atoms with van der Waals surface area (Å²) in [7, 11) is 0. The molecule has 0 aliphatic heterocycles. The molecule has 0 fully saturated rings. The number of ether oxygens (including phenoxy) is 2. The summed E-state index contributed by atoms with van der Waals surface area (Å²) in [6.45, 7) is 7.39. The van der Waals surface area contributed by atoms with Crippen LogP contribution in [0.5, 0.6) is 0 Å². The summed E-state index contributed by atoms with van der Waals surface area (Å²) in [4.78, 5) is 22.9. The molecule has 0 spiro atoms. The van der Waals surface area contributed by atoms with E-state index in [0.29, 0.717) is 0 Å². The van der Waals surface area contributed by atoms with Crippen molar-refractivity contribution in [1.29, 1.82) is 0 Å². The third kappa shape index (κ3) is 5.34. The smallest absolute Gasteiger partial charge is 0.320 e. The molecule has 0 N–H and O–H groups in total. The Bertz CT molecular complexity index is 250. The highest BCUT2D eigenvalue weighted by molar-refractivity contribution is 5.95. The van der Waals surface area contributed by atoms with Crippen LogP contribution in [0.1, 0.15) is 20.3 Å². The van der Waals surface area contributed by atoms with E-state index in [4.69, 9.17) is 9.47 Å². The van der Waals surface area contributed by atoms with Crippen LogP contribution in [-0.2, 0) is 19.1 Å². The van der Waals surface area contributed by atoms with Gasteiger partial charge in [0, 0.05) is 0 Å². The van der Waals surface area contributed by atoms with Crippen LogP contribution in [0.3, 0.4) is 0 Å². The first kappa shape index (κ1) is 14.4. The fraction of sp³-hybridized carbons (Fsp3) is 0.500. The zero-order valence-corrected chi connectivity index (χ0v) is 9.77. The normalized spacial score (nSPS) is 10.4. The fourth-order valence-corrected chi connectivity index (χ4v) is 1.09. The van der Waals surface area contributed by atoms with Crippen molar-refractivity contribution in [2.75, 3.05) is 13.2 Å². The molecule has 0 saturated carbocycles. The van der Waals surface area contributed by atoms with Crippen molar-refractivity contribution in [2.45, 2.75) is 20.3 Å². The van der Waals surface area contributed by atoms with Crippen molar-refractivity contribution in [3.8, 4) is 0 Å². The zero-order valence-electron chi connectivity index (χ0n) is 9.77. The number of carbonyl (C=O) groups is 2. The summed E-state index contributed by atoms with van der Waals surface area (Å²) in [5, 5.41) is 0. The van der Waals surface area contributed by atoms with Gasteiger partial charge in [0.15, 0.2) is 5.92 Å². The minimum Gasteiger partial charge on any atom is -0.465 e. The second kappa shape index (κ2) is 8.71. The van der Waals surface area contributed by atoms with E-state index < -0.39 is 17.9 Å². The van der Waals surface area contributed by atoms with Crippen LogP contribution in [0.2, 0.25) is 0 Å². The molecule has 4 heteroatoms. The van der Waals surface area contributed by atoms with Crippen LogP contribution in [0.15, 0.2) is 24.8 Å². The van der Waals surface area contributed by atoms with Gasteiger partial charge in [0.05, 0.1) is 13.2 Å². The standard InChI is InChI=1S/C12H18O4/c1-4-7-8-9-10(11(13)15-5-2)12(14)16-6-3/h4,7-8,10H,1,5-6,9H2,2-3H3/b8-7+. The van der Waals surface area contributed by atoms with E-state index in [2.05, 4.69) is 6.58 Å². The lowest BCUT2D eigenvalue weighted by atomic mass is 10.1. The molecule has 4 nitrogen and oxygen atoms in total. The van der Waals surface area contributed by atoms with Gasteiger partial charge in [-0.25, -0.2) is 0 Å². The second-order valence-electron chi connectivity index (χ2n) is 2.96. The van der Waals surface area contributed by atoms with Crippen molar-refractivity contribution >= 4 is 11.9 Å². The molecule has 16 heavy (non-hydrogen) atoms. The van der Waals surface area contributed by atoms with Crippen molar-refractivity contribution < 1.29 is 19.1 Å². The van der Waals surface area contributed by atoms with Gasteiger partial charge in [0.25, 0.3) is 0 Å². The Morgan fingerprint density at radius 1 is 1.19 bits per heavy atom. The van der Waals surface area contributed by atoms with Crippen molar-refractivity contribution in [3.05, 3.63) is 24.8 Å². The maximum atomic E-state index is 11.5. The highest BCUT2D eigenvalue weighted by Crippen LogP contribution is 2.10. The maximum absolute atomic E-state index is 11.5. The van der Waals surface area contributed by atoms with Crippen LogP contribution in [0.4, 0.5) is 0 Å². The van der Waals surface area contributed by atoms with E-state index in [0.717, 1.165) is 0 Å². The lowest BCUT2D eigenvalue weighted by Gasteiger charge is -2.12. The van der Waals surface area contributed by atoms with Gasteiger partial charge < -0.3 is 9.47 Å². The first-order chi connectivity index (χ1) is 7.67. The van der Waals surface area contributed by atoms with E-state index in [9.17, 15) is 9.59 Å². The maximum Gasteiger partial charge on any atom is 0.320 e. The Balaban J connectivity index is 4.48. The number of carbonyl (C=O) groups excluding carboxylic acids is 2. The Morgan fingerprint density at radius 3 is 2.06 bits per heavy atom. The third-order valence-electron chi connectivity index (χ3n) is 1.79. The van der Waals surface area contributed by atoms with Crippen molar-refractivity contribution in [1.82, 2.24) is 0 Å². The molecule has 0 amide bonds. The average Bonchev–Trinajstić information content (AvgIpc) is 2.25. The molecule has 0 atom stereocenters. The molecular formula is C12H18O4. The highest BCUT2D eigenvalue weighted by atomic mass is 16.6. The summed E-state index contributed by atoms with van der Waals surface area (Å²) in [6, 6.07) is 0. The second-order valence-corrected chi connectivity index (χ2v) is 2.96. The average molecular weight is 226 g/mol. The Kier molecular flexibility index (Phi) is 7.85. The molecule has 90 valence electrons. The topological polar surface area (TPSA) is 52.6 Å².